The van der Waals surface area contributed by atoms with Crippen LogP contribution in [0.25, 0.3) is 0 Å². The van der Waals surface area contributed by atoms with Crippen LogP contribution in [0.15, 0.2) is 29.2 Å². The molecule has 4 aliphatic carbocycles. The van der Waals surface area contributed by atoms with Crippen LogP contribution in [0.1, 0.15) is 44.1 Å². The molecule has 4 fully saturated rings. The van der Waals surface area contributed by atoms with Crippen molar-refractivity contribution < 1.29 is 13.2 Å². The van der Waals surface area contributed by atoms with Gasteiger partial charge in [-0.15, -0.1) is 0 Å². The molecule has 0 atom stereocenters. The Bertz CT molecular complexity index is 701. The molecule has 4 saturated carbocycles. The van der Waals surface area contributed by atoms with E-state index in [1.54, 1.807) is 24.3 Å². The minimum absolute atomic E-state index is 0.168. The molecule has 124 valence electrons. The molecule has 4 nitrogen and oxygen atoms in total. The van der Waals surface area contributed by atoms with E-state index in [2.05, 4.69) is 4.72 Å². The zero-order chi connectivity index (χ0) is 16.2. The average Bonchev–Trinajstić information content (AvgIpc) is 2.45. The van der Waals surface area contributed by atoms with Gasteiger partial charge in [0.15, 0.2) is 0 Å². The number of rotatable bonds is 3. The van der Waals surface area contributed by atoms with Crippen molar-refractivity contribution in [1.29, 1.82) is 0 Å². The van der Waals surface area contributed by atoms with Crippen molar-refractivity contribution in [2.75, 3.05) is 0 Å². The first-order valence-corrected chi connectivity index (χ1v) is 9.99. The third-order valence-corrected chi connectivity index (χ3v) is 7.43. The van der Waals surface area contributed by atoms with Crippen LogP contribution in [0.3, 0.4) is 0 Å². The molecule has 5 heteroatoms. The van der Waals surface area contributed by atoms with Crippen molar-refractivity contribution >= 4 is 15.9 Å². The number of carbonyl (C=O) groups is 1. The molecule has 23 heavy (non-hydrogen) atoms. The highest BCUT2D eigenvalue weighted by molar-refractivity contribution is 7.90. The van der Waals surface area contributed by atoms with E-state index in [1.165, 1.54) is 19.3 Å². The van der Waals surface area contributed by atoms with E-state index in [4.69, 9.17) is 0 Å². The van der Waals surface area contributed by atoms with Crippen LogP contribution in [0.4, 0.5) is 0 Å². The summed E-state index contributed by atoms with van der Waals surface area (Å²) in [6.07, 6.45) is 6.31. The maximum atomic E-state index is 12.9. The number of sulfonamides is 1. The number of amides is 1. The van der Waals surface area contributed by atoms with Gasteiger partial charge in [0.25, 0.3) is 10.0 Å². The predicted octanol–water partition coefficient (Wildman–Crippen LogP) is 3.02. The third kappa shape index (κ3) is 2.59. The molecule has 0 saturated heterocycles. The predicted molar refractivity (Wildman–Crippen MR) is 87.1 cm³/mol. The Kier molecular flexibility index (Phi) is 3.34. The molecule has 4 aliphatic rings. The molecule has 1 amide bonds. The van der Waals surface area contributed by atoms with Crippen molar-refractivity contribution in [2.45, 2.75) is 50.3 Å². The molecule has 4 bridgehead atoms. The Hall–Kier alpha value is -1.36. The van der Waals surface area contributed by atoms with Gasteiger partial charge in [0.05, 0.1) is 10.3 Å². The number of hydrogen-bond acceptors (Lipinski definition) is 3. The van der Waals surface area contributed by atoms with Crippen LogP contribution in [-0.4, -0.2) is 14.3 Å². The first kappa shape index (κ1) is 15.2. The normalized spacial score (nSPS) is 35.3. The number of nitrogens with one attached hydrogen (secondary N) is 1. The fourth-order valence-corrected chi connectivity index (χ4v) is 6.47. The van der Waals surface area contributed by atoms with Gasteiger partial charge >= 0.3 is 0 Å². The van der Waals surface area contributed by atoms with Crippen LogP contribution in [0.5, 0.6) is 0 Å². The fraction of sp³-hybridized carbons (Fsp3) is 0.611. The summed E-state index contributed by atoms with van der Waals surface area (Å²) in [5, 5.41) is 0. The van der Waals surface area contributed by atoms with E-state index in [0.29, 0.717) is 17.8 Å². The van der Waals surface area contributed by atoms with Gasteiger partial charge in [0, 0.05) is 0 Å². The molecule has 0 radical (unpaired) electrons. The minimum atomic E-state index is -3.77. The van der Waals surface area contributed by atoms with E-state index in [0.717, 1.165) is 24.8 Å². The lowest BCUT2D eigenvalue weighted by molar-refractivity contribution is -0.144. The molecule has 0 aliphatic heterocycles. The maximum absolute atomic E-state index is 12.9. The van der Waals surface area contributed by atoms with Crippen molar-refractivity contribution in [3.63, 3.8) is 0 Å². The second kappa shape index (κ2) is 5.07. The van der Waals surface area contributed by atoms with Crippen LogP contribution >= 0.6 is 0 Å². The van der Waals surface area contributed by atoms with Crippen LogP contribution in [0.2, 0.25) is 0 Å². The molecular weight excluding hydrogens is 310 g/mol. The monoisotopic (exact) mass is 333 g/mol. The summed E-state index contributed by atoms with van der Waals surface area (Å²) >= 11 is 0. The van der Waals surface area contributed by atoms with Gasteiger partial charge in [0.1, 0.15) is 0 Å². The van der Waals surface area contributed by atoms with E-state index >= 15 is 0 Å². The summed E-state index contributed by atoms with van der Waals surface area (Å²) in [5.74, 6) is 1.59. The molecule has 1 aromatic rings. The molecule has 1 N–H and O–H groups in total. The fourth-order valence-electron chi connectivity index (χ4n) is 5.40. The van der Waals surface area contributed by atoms with E-state index in [9.17, 15) is 13.2 Å². The van der Waals surface area contributed by atoms with Crippen LogP contribution < -0.4 is 4.72 Å². The Morgan fingerprint density at radius 3 is 1.96 bits per heavy atom. The number of aryl methyl sites for hydroxylation is 1. The zero-order valence-electron chi connectivity index (χ0n) is 13.4. The molecular formula is C18H23NO3S. The van der Waals surface area contributed by atoms with Crippen LogP contribution in [0, 0.1) is 30.1 Å². The first-order valence-electron chi connectivity index (χ1n) is 8.50. The Labute approximate surface area is 137 Å². The largest absolute Gasteiger partial charge is 0.273 e. The number of benzene rings is 1. The molecule has 0 aromatic heterocycles. The molecule has 1 aromatic carbocycles. The lowest BCUT2D eigenvalue weighted by atomic mass is 9.49. The second-order valence-electron chi connectivity index (χ2n) is 7.95. The van der Waals surface area contributed by atoms with Crippen molar-refractivity contribution in [1.82, 2.24) is 4.72 Å². The summed E-state index contributed by atoms with van der Waals surface area (Å²) in [5.41, 5.74) is 0.559. The maximum Gasteiger partial charge on any atom is 0.264 e. The zero-order valence-corrected chi connectivity index (χ0v) is 14.2. The van der Waals surface area contributed by atoms with E-state index < -0.39 is 15.4 Å². The summed E-state index contributed by atoms with van der Waals surface area (Å²) in [4.78, 5) is 13.0. The van der Waals surface area contributed by atoms with Gasteiger partial charge in [-0.1, -0.05) is 17.7 Å². The highest BCUT2D eigenvalue weighted by Crippen LogP contribution is 2.60. The third-order valence-electron chi connectivity index (χ3n) is 6.08. The summed E-state index contributed by atoms with van der Waals surface area (Å²) in [6, 6.07) is 6.63. The molecule has 5 rings (SSSR count). The van der Waals surface area contributed by atoms with Gasteiger partial charge in [-0.2, -0.15) is 0 Å². The smallest absolute Gasteiger partial charge is 0.264 e. The first-order chi connectivity index (χ1) is 10.9. The van der Waals surface area contributed by atoms with Crippen molar-refractivity contribution in [3.05, 3.63) is 29.8 Å². The standard InChI is InChI=1S/C18H23NO3S/c1-12-2-4-16(5-3-12)23(21,22)19-17(20)18-9-13-6-14(10-18)8-15(7-13)11-18/h2-5,13-15H,6-11H2,1H3,(H,19,20). The van der Waals surface area contributed by atoms with E-state index in [-0.39, 0.29) is 10.8 Å². The van der Waals surface area contributed by atoms with Crippen molar-refractivity contribution in [2.24, 2.45) is 23.2 Å². The van der Waals surface area contributed by atoms with Gasteiger partial charge < -0.3 is 0 Å². The second-order valence-corrected chi connectivity index (χ2v) is 9.63. The van der Waals surface area contributed by atoms with Crippen molar-refractivity contribution in [3.8, 4) is 0 Å². The van der Waals surface area contributed by atoms with Gasteiger partial charge in [-0.3, -0.25) is 4.79 Å². The molecule has 0 heterocycles. The molecule has 0 unspecified atom stereocenters. The number of hydrogen-bond donors (Lipinski definition) is 1. The Balaban J connectivity index is 1.57. The van der Waals surface area contributed by atoms with E-state index in [1.807, 2.05) is 6.92 Å². The highest BCUT2D eigenvalue weighted by atomic mass is 32.2. The lowest BCUT2D eigenvalue weighted by Crippen LogP contribution is -2.54. The van der Waals surface area contributed by atoms with Gasteiger partial charge in [-0.25, -0.2) is 13.1 Å². The Morgan fingerprint density at radius 1 is 1.00 bits per heavy atom. The number of carbonyl (C=O) groups excluding carboxylic acids is 1. The topological polar surface area (TPSA) is 63.2 Å². The van der Waals surface area contributed by atoms with Gasteiger partial charge in [-0.05, 0) is 75.3 Å². The summed E-state index contributed by atoms with van der Waals surface area (Å²) in [6.45, 7) is 1.91. The summed E-state index contributed by atoms with van der Waals surface area (Å²) in [7, 11) is -3.77. The SMILES string of the molecule is Cc1ccc(S(=O)(=O)NC(=O)C23CC4CC(CC(C4)C2)C3)cc1. The Morgan fingerprint density at radius 2 is 1.48 bits per heavy atom. The quantitative estimate of drug-likeness (QED) is 0.925. The molecule has 0 spiro atoms. The van der Waals surface area contributed by atoms with Crippen LogP contribution in [-0.2, 0) is 14.8 Å². The lowest BCUT2D eigenvalue weighted by Gasteiger charge is -2.55. The van der Waals surface area contributed by atoms with Gasteiger partial charge in [0.2, 0.25) is 5.91 Å². The summed E-state index contributed by atoms with van der Waals surface area (Å²) < 4.78 is 27.4. The highest BCUT2D eigenvalue weighted by Gasteiger charge is 2.55. The minimum Gasteiger partial charge on any atom is -0.273 e. The average molecular weight is 333 g/mol.